The van der Waals surface area contributed by atoms with Crippen LogP contribution in [0.2, 0.25) is 0 Å². The van der Waals surface area contributed by atoms with Crippen LogP contribution in [-0.2, 0) is 9.59 Å². The number of nitrogens with one attached hydrogen (secondary N) is 1. The molecule has 1 rings (SSSR count). The summed E-state index contributed by atoms with van der Waals surface area (Å²) in [5, 5.41) is 2.18. The number of hydrogen-bond donors (Lipinski definition) is 2. The quantitative estimate of drug-likeness (QED) is 0.395. The average molecular weight is 187 g/mol. The molecule has 0 aliphatic carbocycles. The number of carbonyl (C=O) groups is 2. The van der Waals surface area contributed by atoms with Crippen molar-refractivity contribution in [3.63, 3.8) is 0 Å². The monoisotopic (exact) mass is 187 g/mol. The zero-order valence-corrected chi connectivity index (χ0v) is 7.19. The van der Waals surface area contributed by atoms with Gasteiger partial charge < -0.3 is 5.73 Å². The Morgan fingerprint density at radius 2 is 2.00 bits per heavy atom. The van der Waals surface area contributed by atoms with Gasteiger partial charge in [0.05, 0.1) is 18.1 Å². The van der Waals surface area contributed by atoms with Gasteiger partial charge >= 0.3 is 0 Å². The van der Waals surface area contributed by atoms with Crippen molar-refractivity contribution < 1.29 is 9.59 Å². The van der Waals surface area contributed by atoms with E-state index in [0.717, 1.165) is 0 Å². The number of thiocarbonyl (C=S) groups is 1. The Kier molecular flexibility index (Phi) is 2.72. The Balaban J connectivity index is 2.49. The predicted octanol–water partition coefficient (Wildman–Crippen LogP) is -1.77. The van der Waals surface area contributed by atoms with Crippen molar-refractivity contribution in [2.24, 2.45) is 5.73 Å². The second-order valence-electron chi connectivity index (χ2n) is 2.58. The van der Waals surface area contributed by atoms with Crippen LogP contribution in [0.15, 0.2) is 0 Å². The Hall–Kier alpha value is -1.01. The van der Waals surface area contributed by atoms with Gasteiger partial charge in [-0.2, -0.15) is 0 Å². The van der Waals surface area contributed by atoms with Crippen molar-refractivity contribution in [3.05, 3.63) is 0 Å². The lowest BCUT2D eigenvalue weighted by Crippen LogP contribution is -2.53. The van der Waals surface area contributed by atoms with Crippen LogP contribution in [0.25, 0.3) is 0 Å². The molecule has 66 valence electrons. The molecule has 1 fully saturated rings. The van der Waals surface area contributed by atoms with E-state index in [1.165, 1.54) is 0 Å². The number of imide groups is 1. The van der Waals surface area contributed by atoms with Crippen LogP contribution in [-0.4, -0.2) is 41.3 Å². The molecule has 3 N–H and O–H groups in total. The molecule has 1 aliphatic heterocycles. The number of nitrogens with two attached hydrogens (primary N) is 1. The van der Waals surface area contributed by atoms with Crippen LogP contribution in [0.1, 0.15) is 0 Å². The van der Waals surface area contributed by atoms with E-state index >= 15 is 0 Å². The Labute approximate surface area is 74.9 Å². The van der Waals surface area contributed by atoms with Gasteiger partial charge in [-0.3, -0.25) is 19.8 Å². The highest BCUT2D eigenvalue weighted by molar-refractivity contribution is 7.80. The summed E-state index contributed by atoms with van der Waals surface area (Å²) >= 11 is 4.65. The number of nitrogens with zero attached hydrogens (tertiary/aromatic N) is 1. The van der Waals surface area contributed by atoms with Crippen LogP contribution in [0.4, 0.5) is 0 Å². The first kappa shape index (κ1) is 9.08. The summed E-state index contributed by atoms with van der Waals surface area (Å²) in [5.41, 5.74) is 5.26. The largest absolute Gasteiger partial charge is 0.392 e. The second-order valence-corrected chi connectivity index (χ2v) is 3.11. The normalized spacial score (nSPS) is 19.0. The first-order valence-corrected chi connectivity index (χ1v) is 3.82. The Morgan fingerprint density at radius 3 is 2.42 bits per heavy atom. The molecule has 0 unspecified atom stereocenters. The van der Waals surface area contributed by atoms with Crippen molar-refractivity contribution in [2.45, 2.75) is 0 Å². The second kappa shape index (κ2) is 3.59. The minimum Gasteiger partial charge on any atom is -0.392 e. The van der Waals surface area contributed by atoms with E-state index in [2.05, 4.69) is 17.5 Å². The van der Waals surface area contributed by atoms with Gasteiger partial charge in [0.25, 0.3) is 0 Å². The minimum atomic E-state index is -0.303. The molecule has 0 bridgehead atoms. The topological polar surface area (TPSA) is 75.4 Å². The van der Waals surface area contributed by atoms with Crippen molar-refractivity contribution >= 4 is 29.0 Å². The van der Waals surface area contributed by atoms with Crippen molar-refractivity contribution in [1.29, 1.82) is 0 Å². The van der Waals surface area contributed by atoms with E-state index in [4.69, 9.17) is 5.73 Å². The van der Waals surface area contributed by atoms with Crippen LogP contribution >= 0.6 is 12.2 Å². The number of rotatable bonds is 2. The maximum Gasteiger partial charge on any atom is 0.240 e. The molecule has 5 nitrogen and oxygen atoms in total. The molecule has 0 saturated carbocycles. The maximum absolute atomic E-state index is 10.8. The third kappa shape index (κ3) is 2.55. The van der Waals surface area contributed by atoms with Gasteiger partial charge in [-0.1, -0.05) is 12.2 Å². The highest BCUT2D eigenvalue weighted by Crippen LogP contribution is 1.93. The number of carbonyl (C=O) groups excluding carboxylic acids is 2. The van der Waals surface area contributed by atoms with Crippen molar-refractivity contribution in [2.75, 3.05) is 19.6 Å². The summed E-state index contributed by atoms with van der Waals surface area (Å²) in [7, 11) is 0. The average Bonchev–Trinajstić information content (AvgIpc) is 1.81. The third-order valence-corrected chi connectivity index (χ3v) is 1.52. The van der Waals surface area contributed by atoms with Crippen LogP contribution in [0.3, 0.4) is 0 Å². The molecule has 0 aromatic rings. The number of hydrogen-bond acceptors (Lipinski definition) is 4. The number of piperazine rings is 1. The van der Waals surface area contributed by atoms with E-state index in [0.29, 0.717) is 6.54 Å². The van der Waals surface area contributed by atoms with Gasteiger partial charge in [0.1, 0.15) is 0 Å². The molecular weight excluding hydrogens is 178 g/mol. The standard InChI is InChI=1S/C6H9N3O2S/c7-4(12)1-9-2-5(10)8-6(11)3-9/h1-3H2,(H2,7,12)(H,8,10,11). The van der Waals surface area contributed by atoms with Crippen LogP contribution in [0.5, 0.6) is 0 Å². The summed E-state index contributed by atoms with van der Waals surface area (Å²) in [5.74, 6) is -0.606. The van der Waals surface area contributed by atoms with E-state index < -0.39 is 0 Å². The molecule has 0 aromatic carbocycles. The van der Waals surface area contributed by atoms with Crippen LogP contribution < -0.4 is 11.1 Å². The first-order chi connectivity index (χ1) is 5.58. The predicted molar refractivity (Wildman–Crippen MR) is 46.4 cm³/mol. The van der Waals surface area contributed by atoms with Crippen molar-refractivity contribution in [3.8, 4) is 0 Å². The SMILES string of the molecule is NC(=S)CN1CC(=O)NC(=O)C1. The fourth-order valence-corrected chi connectivity index (χ4v) is 1.21. The molecule has 12 heavy (non-hydrogen) atoms. The van der Waals surface area contributed by atoms with Gasteiger partial charge in [-0.05, 0) is 0 Å². The number of amides is 2. The lowest BCUT2D eigenvalue weighted by atomic mass is 10.3. The zero-order valence-electron chi connectivity index (χ0n) is 6.37. The molecule has 0 radical (unpaired) electrons. The lowest BCUT2D eigenvalue weighted by Gasteiger charge is -2.24. The first-order valence-electron chi connectivity index (χ1n) is 3.41. The maximum atomic E-state index is 10.8. The zero-order chi connectivity index (χ0) is 9.14. The molecule has 0 aromatic heterocycles. The summed E-state index contributed by atoms with van der Waals surface area (Å²) < 4.78 is 0. The lowest BCUT2D eigenvalue weighted by molar-refractivity contribution is -0.135. The summed E-state index contributed by atoms with van der Waals surface area (Å²) in [6, 6.07) is 0. The van der Waals surface area contributed by atoms with Gasteiger partial charge in [-0.15, -0.1) is 0 Å². The fourth-order valence-electron chi connectivity index (χ4n) is 1.03. The van der Waals surface area contributed by atoms with Crippen LogP contribution in [0, 0.1) is 0 Å². The van der Waals surface area contributed by atoms with Gasteiger partial charge in [-0.25, -0.2) is 0 Å². The molecule has 6 heteroatoms. The van der Waals surface area contributed by atoms with E-state index in [1.54, 1.807) is 4.90 Å². The summed E-state index contributed by atoms with van der Waals surface area (Å²) in [4.78, 5) is 23.5. The molecule has 1 heterocycles. The molecule has 2 amide bonds. The fraction of sp³-hybridized carbons (Fsp3) is 0.500. The summed E-state index contributed by atoms with van der Waals surface area (Å²) in [6.45, 7) is 0.681. The van der Waals surface area contributed by atoms with E-state index in [-0.39, 0.29) is 29.9 Å². The molecular formula is C6H9N3O2S. The molecule has 1 saturated heterocycles. The van der Waals surface area contributed by atoms with Gasteiger partial charge in [0.2, 0.25) is 11.8 Å². The van der Waals surface area contributed by atoms with Crippen molar-refractivity contribution in [1.82, 2.24) is 10.2 Å². The third-order valence-electron chi connectivity index (χ3n) is 1.39. The summed E-state index contributed by atoms with van der Waals surface area (Å²) in [6.07, 6.45) is 0. The smallest absolute Gasteiger partial charge is 0.240 e. The van der Waals surface area contributed by atoms with Gasteiger partial charge in [0.15, 0.2) is 0 Å². The molecule has 0 atom stereocenters. The van der Waals surface area contributed by atoms with Gasteiger partial charge in [0, 0.05) is 6.54 Å². The van der Waals surface area contributed by atoms with E-state index in [1.807, 2.05) is 0 Å². The highest BCUT2D eigenvalue weighted by atomic mass is 32.1. The van der Waals surface area contributed by atoms with E-state index in [9.17, 15) is 9.59 Å². The molecule has 1 aliphatic rings. The Bertz CT molecular complexity index is 222. The minimum absolute atomic E-state index is 0.184. The Morgan fingerprint density at radius 1 is 1.50 bits per heavy atom. The highest BCUT2D eigenvalue weighted by Gasteiger charge is 2.22. The molecule has 0 spiro atoms.